The topological polar surface area (TPSA) is 99.6 Å². The molecule has 1 amide bonds. The highest BCUT2D eigenvalue weighted by atomic mass is 16.5. The van der Waals surface area contributed by atoms with Crippen molar-refractivity contribution < 1.29 is 14.6 Å². The summed E-state index contributed by atoms with van der Waals surface area (Å²) in [6.07, 6.45) is 2.69. The van der Waals surface area contributed by atoms with Crippen LogP contribution in [0.3, 0.4) is 0 Å². The number of nitrogens with one attached hydrogen (secondary N) is 2. The van der Waals surface area contributed by atoms with Gasteiger partial charge < -0.3 is 20.5 Å². The summed E-state index contributed by atoms with van der Waals surface area (Å²) in [5.41, 5.74) is 3.11. The van der Waals surface area contributed by atoms with E-state index in [1.807, 2.05) is 6.07 Å². The van der Waals surface area contributed by atoms with Crippen molar-refractivity contribution in [3.8, 4) is 0 Å². The van der Waals surface area contributed by atoms with Crippen LogP contribution in [0.15, 0.2) is 36.5 Å². The molecule has 1 aromatic heterocycles. The Kier molecular flexibility index (Phi) is 6.33. The smallest absolute Gasteiger partial charge is 0.253 e. The molecule has 2 aliphatic heterocycles. The van der Waals surface area contributed by atoms with E-state index in [0.29, 0.717) is 24.5 Å². The summed E-state index contributed by atoms with van der Waals surface area (Å²) in [6.45, 7) is 3.82. The van der Waals surface area contributed by atoms with Gasteiger partial charge in [0.25, 0.3) is 5.91 Å². The van der Waals surface area contributed by atoms with Crippen LogP contribution >= 0.6 is 0 Å². The van der Waals surface area contributed by atoms with Crippen molar-refractivity contribution in [2.75, 3.05) is 38.2 Å². The second-order valence-electron chi connectivity index (χ2n) is 7.65. The fraction of sp³-hybridized carbons (Fsp3) is 0.476. The maximum absolute atomic E-state index is 12.4. The Balaban J connectivity index is 1.25. The number of ether oxygens (including phenoxy) is 1. The van der Waals surface area contributed by atoms with E-state index in [1.165, 1.54) is 17.3 Å². The zero-order valence-electron chi connectivity index (χ0n) is 16.4. The zero-order valence-corrected chi connectivity index (χ0v) is 16.4. The SMILES string of the molecule is O=C(NCC(O)CN1CCc2ccccc2C1)c1cnnc(NC2CCOC2)c1. The van der Waals surface area contributed by atoms with Crippen LogP contribution in [-0.4, -0.2) is 71.1 Å². The first-order valence-corrected chi connectivity index (χ1v) is 10.1. The molecule has 2 aliphatic rings. The standard InChI is InChI=1S/C21H27N5O3/c27-19(13-26-7-5-15-3-1-2-4-16(15)12-26)11-22-21(28)17-9-20(25-23-10-17)24-18-6-8-29-14-18/h1-4,9-10,18-19,27H,5-8,11-14H2,(H,22,28)(H,24,25). The van der Waals surface area contributed by atoms with Gasteiger partial charge in [0.2, 0.25) is 0 Å². The van der Waals surface area contributed by atoms with Gasteiger partial charge in [0, 0.05) is 32.8 Å². The molecule has 2 atom stereocenters. The predicted molar refractivity (Wildman–Crippen MR) is 109 cm³/mol. The molecule has 2 aromatic rings. The van der Waals surface area contributed by atoms with Gasteiger partial charge in [-0.05, 0) is 30.0 Å². The Morgan fingerprint density at radius 3 is 3.03 bits per heavy atom. The van der Waals surface area contributed by atoms with E-state index in [-0.39, 0.29) is 18.5 Å². The fourth-order valence-electron chi connectivity index (χ4n) is 3.80. The number of benzene rings is 1. The molecule has 2 unspecified atom stereocenters. The largest absolute Gasteiger partial charge is 0.390 e. The Labute approximate surface area is 170 Å². The van der Waals surface area contributed by atoms with Crippen molar-refractivity contribution in [2.24, 2.45) is 0 Å². The minimum Gasteiger partial charge on any atom is -0.390 e. The Bertz CT molecular complexity index is 841. The van der Waals surface area contributed by atoms with Crippen LogP contribution in [0.5, 0.6) is 0 Å². The Morgan fingerprint density at radius 1 is 1.34 bits per heavy atom. The van der Waals surface area contributed by atoms with E-state index >= 15 is 0 Å². The third kappa shape index (κ3) is 5.29. The highest BCUT2D eigenvalue weighted by Gasteiger charge is 2.20. The van der Waals surface area contributed by atoms with Crippen LogP contribution in [0.4, 0.5) is 5.82 Å². The molecule has 0 aliphatic carbocycles. The molecule has 8 nitrogen and oxygen atoms in total. The number of carbonyl (C=O) groups is 1. The number of aliphatic hydroxyl groups is 1. The number of carbonyl (C=O) groups excluding carboxylic acids is 1. The summed E-state index contributed by atoms with van der Waals surface area (Å²) < 4.78 is 5.33. The molecule has 4 rings (SSSR count). The lowest BCUT2D eigenvalue weighted by Gasteiger charge is -2.30. The highest BCUT2D eigenvalue weighted by molar-refractivity contribution is 5.94. The zero-order chi connectivity index (χ0) is 20.1. The summed E-state index contributed by atoms with van der Waals surface area (Å²) in [4.78, 5) is 14.7. The first kappa shape index (κ1) is 19.8. The second-order valence-corrected chi connectivity index (χ2v) is 7.65. The van der Waals surface area contributed by atoms with Crippen LogP contribution in [0.1, 0.15) is 27.9 Å². The number of fused-ring (bicyclic) bond motifs is 1. The summed E-state index contributed by atoms with van der Waals surface area (Å²) >= 11 is 0. The number of rotatable bonds is 7. The lowest BCUT2D eigenvalue weighted by atomic mass is 10.00. The van der Waals surface area contributed by atoms with E-state index in [1.54, 1.807) is 6.07 Å². The molecule has 154 valence electrons. The Hall–Kier alpha value is -2.55. The number of β-amino-alcohol motifs (C(OH)–C–C–N with tert-alkyl or cyclic N) is 1. The third-order valence-electron chi connectivity index (χ3n) is 5.38. The average molecular weight is 397 g/mol. The summed E-state index contributed by atoms with van der Waals surface area (Å²) in [7, 11) is 0. The summed E-state index contributed by atoms with van der Waals surface area (Å²) in [6, 6.07) is 10.3. The van der Waals surface area contributed by atoms with Gasteiger partial charge in [0.1, 0.15) is 5.82 Å². The molecule has 3 heterocycles. The van der Waals surface area contributed by atoms with Gasteiger partial charge in [-0.25, -0.2) is 0 Å². The van der Waals surface area contributed by atoms with E-state index < -0.39 is 6.10 Å². The number of aromatic nitrogens is 2. The van der Waals surface area contributed by atoms with Crippen molar-refractivity contribution in [1.82, 2.24) is 20.4 Å². The summed E-state index contributed by atoms with van der Waals surface area (Å²) in [5.74, 6) is 0.286. The number of anilines is 1. The third-order valence-corrected chi connectivity index (χ3v) is 5.38. The van der Waals surface area contributed by atoms with E-state index in [4.69, 9.17) is 4.74 Å². The fourth-order valence-corrected chi connectivity index (χ4v) is 3.80. The molecule has 29 heavy (non-hydrogen) atoms. The van der Waals surface area contributed by atoms with Crippen molar-refractivity contribution >= 4 is 11.7 Å². The molecule has 3 N–H and O–H groups in total. The van der Waals surface area contributed by atoms with Crippen molar-refractivity contribution in [1.29, 1.82) is 0 Å². The minimum atomic E-state index is -0.632. The summed E-state index contributed by atoms with van der Waals surface area (Å²) in [5, 5.41) is 24.3. The lowest BCUT2D eigenvalue weighted by molar-refractivity contribution is 0.0841. The van der Waals surface area contributed by atoms with Crippen LogP contribution < -0.4 is 10.6 Å². The molecule has 1 saturated heterocycles. The van der Waals surface area contributed by atoms with Gasteiger partial charge in [-0.15, -0.1) is 5.10 Å². The lowest BCUT2D eigenvalue weighted by Crippen LogP contribution is -2.42. The Morgan fingerprint density at radius 2 is 2.21 bits per heavy atom. The first-order valence-electron chi connectivity index (χ1n) is 10.1. The molecule has 1 aromatic carbocycles. The second kappa shape index (κ2) is 9.30. The van der Waals surface area contributed by atoms with Crippen molar-refractivity contribution in [3.63, 3.8) is 0 Å². The normalized spacial score (nSPS) is 20.1. The number of nitrogens with zero attached hydrogens (tertiary/aromatic N) is 3. The van der Waals surface area contributed by atoms with Crippen LogP contribution in [0.25, 0.3) is 0 Å². The highest BCUT2D eigenvalue weighted by Crippen LogP contribution is 2.18. The van der Waals surface area contributed by atoms with Crippen molar-refractivity contribution in [3.05, 3.63) is 53.2 Å². The van der Waals surface area contributed by atoms with E-state index in [9.17, 15) is 9.90 Å². The van der Waals surface area contributed by atoms with Gasteiger partial charge >= 0.3 is 0 Å². The molecule has 1 fully saturated rings. The number of aliphatic hydroxyl groups excluding tert-OH is 1. The maximum Gasteiger partial charge on any atom is 0.253 e. The van der Waals surface area contributed by atoms with Crippen LogP contribution in [-0.2, 0) is 17.7 Å². The monoisotopic (exact) mass is 397 g/mol. The van der Waals surface area contributed by atoms with Gasteiger partial charge in [-0.2, -0.15) is 5.10 Å². The van der Waals surface area contributed by atoms with Gasteiger partial charge in [0.15, 0.2) is 0 Å². The maximum atomic E-state index is 12.4. The molecule has 0 bridgehead atoms. The molecule has 8 heteroatoms. The predicted octanol–water partition coefficient (Wildman–Crippen LogP) is 0.826. The number of amides is 1. The van der Waals surface area contributed by atoms with Crippen molar-refractivity contribution in [2.45, 2.75) is 31.5 Å². The van der Waals surface area contributed by atoms with Gasteiger partial charge in [0.05, 0.1) is 30.5 Å². The molecule has 0 saturated carbocycles. The molecular formula is C21H27N5O3. The number of hydrogen-bond donors (Lipinski definition) is 3. The quantitative estimate of drug-likeness (QED) is 0.636. The van der Waals surface area contributed by atoms with Crippen LogP contribution in [0, 0.1) is 0 Å². The molecular weight excluding hydrogens is 370 g/mol. The van der Waals surface area contributed by atoms with Crippen LogP contribution in [0.2, 0.25) is 0 Å². The van der Waals surface area contributed by atoms with E-state index in [0.717, 1.165) is 32.5 Å². The minimum absolute atomic E-state index is 0.193. The molecule has 0 radical (unpaired) electrons. The van der Waals surface area contributed by atoms with Gasteiger partial charge in [-0.3, -0.25) is 9.69 Å². The van der Waals surface area contributed by atoms with E-state index in [2.05, 4.69) is 43.9 Å². The average Bonchev–Trinajstić information content (AvgIpc) is 3.25. The van der Waals surface area contributed by atoms with Gasteiger partial charge in [-0.1, -0.05) is 24.3 Å². The molecule has 0 spiro atoms. The number of hydrogen-bond acceptors (Lipinski definition) is 7. The first-order chi connectivity index (χ1) is 14.2.